The fraction of sp³-hybridized carbons (Fsp3) is 0.400. The highest BCUT2D eigenvalue weighted by molar-refractivity contribution is 7.99. The molecule has 2 atom stereocenters. The van der Waals surface area contributed by atoms with Crippen LogP contribution in [0.25, 0.3) is 10.8 Å². The van der Waals surface area contributed by atoms with Crippen molar-refractivity contribution in [3.63, 3.8) is 0 Å². The third-order valence-electron chi connectivity index (χ3n) is 4.90. The summed E-state index contributed by atoms with van der Waals surface area (Å²) in [5, 5.41) is 17.9. The standard InChI is InChI=1S/C20H23N5O2S/c1-14(17-10-4-7-15-6-2-3-9-18(15)17)21-19(26)13-28-20-22-23-24-25(20)12-16-8-5-11-27-16/h2-4,6-7,9-10,14,16H,5,8,11-13H2,1H3,(H,21,26)/t14-,16+/m0/s1. The maximum absolute atomic E-state index is 12.5. The summed E-state index contributed by atoms with van der Waals surface area (Å²) in [4.78, 5) is 12.5. The van der Waals surface area contributed by atoms with E-state index in [1.54, 1.807) is 4.68 Å². The minimum atomic E-state index is -0.0814. The number of carbonyl (C=O) groups is 1. The van der Waals surface area contributed by atoms with Crippen molar-refractivity contribution >= 4 is 28.4 Å². The molecule has 0 saturated carbocycles. The monoisotopic (exact) mass is 397 g/mol. The van der Waals surface area contributed by atoms with E-state index < -0.39 is 0 Å². The van der Waals surface area contributed by atoms with Gasteiger partial charge in [-0.05, 0) is 46.5 Å². The van der Waals surface area contributed by atoms with Gasteiger partial charge >= 0.3 is 0 Å². The van der Waals surface area contributed by atoms with Gasteiger partial charge in [0.1, 0.15) is 0 Å². The zero-order valence-corrected chi connectivity index (χ0v) is 16.6. The number of aromatic nitrogens is 4. The first kappa shape index (κ1) is 18.9. The summed E-state index contributed by atoms with van der Waals surface area (Å²) in [6.07, 6.45) is 2.25. The van der Waals surface area contributed by atoms with Crippen LogP contribution in [0, 0.1) is 0 Å². The van der Waals surface area contributed by atoms with Gasteiger partial charge in [0.05, 0.1) is 24.4 Å². The molecule has 8 heteroatoms. The van der Waals surface area contributed by atoms with Gasteiger partial charge in [-0.1, -0.05) is 54.2 Å². The van der Waals surface area contributed by atoms with Crippen molar-refractivity contribution in [3.8, 4) is 0 Å². The first-order valence-corrected chi connectivity index (χ1v) is 10.5. The highest BCUT2D eigenvalue weighted by Gasteiger charge is 2.20. The highest BCUT2D eigenvalue weighted by Crippen LogP contribution is 2.24. The van der Waals surface area contributed by atoms with Gasteiger partial charge in [-0.3, -0.25) is 4.79 Å². The van der Waals surface area contributed by atoms with Gasteiger partial charge in [0.25, 0.3) is 0 Å². The molecule has 146 valence electrons. The summed E-state index contributed by atoms with van der Waals surface area (Å²) in [6.45, 7) is 3.43. The van der Waals surface area contributed by atoms with Crippen LogP contribution in [-0.2, 0) is 16.1 Å². The van der Waals surface area contributed by atoms with Crippen LogP contribution in [0.3, 0.4) is 0 Å². The van der Waals surface area contributed by atoms with Crippen molar-refractivity contribution in [2.24, 2.45) is 0 Å². The molecule has 28 heavy (non-hydrogen) atoms. The lowest BCUT2D eigenvalue weighted by molar-refractivity contribution is -0.119. The summed E-state index contributed by atoms with van der Waals surface area (Å²) >= 11 is 1.35. The molecule has 0 radical (unpaired) electrons. The molecule has 1 fully saturated rings. The van der Waals surface area contributed by atoms with Crippen molar-refractivity contribution in [1.29, 1.82) is 0 Å². The number of amides is 1. The van der Waals surface area contributed by atoms with Crippen molar-refractivity contribution in [1.82, 2.24) is 25.5 Å². The van der Waals surface area contributed by atoms with Crippen molar-refractivity contribution < 1.29 is 9.53 Å². The summed E-state index contributed by atoms with van der Waals surface area (Å²) in [5.41, 5.74) is 1.11. The number of thioether (sulfide) groups is 1. The van der Waals surface area contributed by atoms with E-state index >= 15 is 0 Å². The van der Waals surface area contributed by atoms with E-state index in [1.165, 1.54) is 17.1 Å². The van der Waals surface area contributed by atoms with Crippen LogP contribution in [0.2, 0.25) is 0 Å². The SMILES string of the molecule is C[C@H](NC(=O)CSc1nnnn1C[C@H]1CCCO1)c1cccc2ccccc12. The van der Waals surface area contributed by atoms with Crippen LogP contribution in [0.1, 0.15) is 31.4 Å². The van der Waals surface area contributed by atoms with Crippen LogP contribution in [0.5, 0.6) is 0 Å². The third kappa shape index (κ3) is 4.34. The molecule has 1 N–H and O–H groups in total. The molecule has 1 aliphatic heterocycles. The molecule has 1 amide bonds. The average Bonchev–Trinajstić information content (AvgIpc) is 3.38. The second kappa shape index (κ2) is 8.70. The minimum Gasteiger partial charge on any atom is -0.376 e. The number of hydrogen-bond donors (Lipinski definition) is 1. The molecule has 0 unspecified atom stereocenters. The Morgan fingerprint density at radius 2 is 2.18 bits per heavy atom. The Bertz CT molecular complexity index is 949. The topological polar surface area (TPSA) is 81.9 Å². The average molecular weight is 398 g/mol. The Hall–Kier alpha value is -2.45. The minimum absolute atomic E-state index is 0.0444. The molecule has 3 aromatic rings. The Labute approximate surface area is 167 Å². The molecule has 0 spiro atoms. The zero-order chi connectivity index (χ0) is 19.3. The molecule has 7 nitrogen and oxygen atoms in total. The van der Waals surface area contributed by atoms with Crippen LogP contribution >= 0.6 is 11.8 Å². The predicted octanol–water partition coefficient (Wildman–Crippen LogP) is 2.97. The van der Waals surface area contributed by atoms with Crippen LogP contribution in [0.4, 0.5) is 0 Å². The van der Waals surface area contributed by atoms with Gasteiger partial charge in [0, 0.05) is 6.61 Å². The highest BCUT2D eigenvalue weighted by atomic mass is 32.2. The molecule has 1 aromatic heterocycles. The maximum atomic E-state index is 12.5. The predicted molar refractivity (Wildman–Crippen MR) is 108 cm³/mol. The number of hydrogen-bond acceptors (Lipinski definition) is 6. The Morgan fingerprint density at radius 1 is 1.32 bits per heavy atom. The fourth-order valence-electron chi connectivity index (χ4n) is 3.51. The molecular weight excluding hydrogens is 374 g/mol. The zero-order valence-electron chi connectivity index (χ0n) is 15.7. The van der Waals surface area contributed by atoms with E-state index in [1.807, 2.05) is 25.1 Å². The molecule has 1 saturated heterocycles. The summed E-state index contributed by atoms with van der Waals surface area (Å²) in [5.74, 6) is 0.221. The molecule has 2 aromatic carbocycles. The smallest absolute Gasteiger partial charge is 0.230 e. The largest absolute Gasteiger partial charge is 0.376 e. The number of tetrazole rings is 1. The first-order chi connectivity index (χ1) is 13.7. The van der Waals surface area contributed by atoms with Gasteiger partial charge in [-0.15, -0.1) is 5.10 Å². The van der Waals surface area contributed by atoms with Crippen LogP contribution in [-0.4, -0.2) is 44.6 Å². The van der Waals surface area contributed by atoms with Crippen molar-refractivity contribution in [2.45, 2.75) is 43.6 Å². The summed E-state index contributed by atoms with van der Waals surface area (Å²) in [6, 6.07) is 14.3. The quantitative estimate of drug-likeness (QED) is 0.617. The van der Waals surface area contributed by atoms with Crippen LogP contribution < -0.4 is 5.32 Å². The first-order valence-electron chi connectivity index (χ1n) is 9.48. The number of rotatable bonds is 7. The summed E-state index contributed by atoms with van der Waals surface area (Å²) < 4.78 is 7.36. The fourth-order valence-corrected chi connectivity index (χ4v) is 4.21. The number of ether oxygens (including phenoxy) is 1. The van der Waals surface area contributed by atoms with E-state index in [0.717, 1.165) is 30.4 Å². The second-order valence-electron chi connectivity index (χ2n) is 6.92. The van der Waals surface area contributed by atoms with E-state index in [4.69, 9.17) is 4.74 Å². The molecular formula is C20H23N5O2S. The van der Waals surface area contributed by atoms with Crippen molar-refractivity contribution in [2.75, 3.05) is 12.4 Å². The Balaban J connectivity index is 1.35. The van der Waals surface area contributed by atoms with Gasteiger partial charge in [0.2, 0.25) is 11.1 Å². The molecule has 0 aliphatic carbocycles. The van der Waals surface area contributed by atoms with E-state index in [-0.39, 0.29) is 23.8 Å². The van der Waals surface area contributed by atoms with Gasteiger partial charge < -0.3 is 10.1 Å². The molecule has 2 heterocycles. The number of nitrogens with zero attached hydrogens (tertiary/aromatic N) is 4. The van der Waals surface area contributed by atoms with E-state index in [0.29, 0.717) is 11.7 Å². The normalized spacial score (nSPS) is 17.7. The Morgan fingerprint density at radius 3 is 3.04 bits per heavy atom. The molecule has 1 aliphatic rings. The number of fused-ring (bicyclic) bond motifs is 1. The maximum Gasteiger partial charge on any atom is 0.230 e. The second-order valence-corrected chi connectivity index (χ2v) is 7.87. The lowest BCUT2D eigenvalue weighted by atomic mass is 10.00. The lowest BCUT2D eigenvalue weighted by Crippen LogP contribution is -2.28. The van der Waals surface area contributed by atoms with E-state index in [9.17, 15) is 4.79 Å². The molecule has 4 rings (SSSR count). The third-order valence-corrected chi connectivity index (χ3v) is 5.86. The number of nitrogens with one attached hydrogen (secondary N) is 1. The number of benzene rings is 2. The van der Waals surface area contributed by atoms with Gasteiger partial charge in [0.15, 0.2) is 0 Å². The molecule has 0 bridgehead atoms. The van der Waals surface area contributed by atoms with E-state index in [2.05, 4.69) is 45.1 Å². The number of carbonyl (C=O) groups excluding carboxylic acids is 1. The Kier molecular flexibility index (Phi) is 5.87. The van der Waals surface area contributed by atoms with Gasteiger partial charge in [-0.2, -0.15) is 0 Å². The van der Waals surface area contributed by atoms with Gasteiger partial charge in [-0.25, -0.2) is 4.68 Å². The van der Waals surface area contributed by atoms with Crippen LogP contribution in [0.15, 0.2) is 47.6 Å². The lowest BCUT2D eigenvalue weighted by Gasteiger charge is -2.16. The van der Waals surface area contributed by atoms with Crippen molar-refractivity contribution in [3.05, 3.63) is 48.0 Å². The summed E-state index contributed by atoms with van der Waals surface area (Å²) in [7, 11) is 0.